The monoisotopic (exact) mass is 280 g/mol. The van der Waals surface area contributed by atoms with Crippen molar-refractivity contribution in [2.75, 3.05) is 7.05 Å². The number of hydrogen-bond acceptors (Lipinski definition) is 2. The Bertz CT molecular complexity index is 477. The number of halogens is 2. The summed E-state index contributed by atoms with van der Waals surface area (Å²) in [6.45, 7) is 0. The summed E-state index contributed by atoms with van der Waals surface area (Å²) >= 11 is 0. The van der Waals surface area contributed by atoms with E-state index in [-0.39, 0.29) is 6.04 Å². The number of nitrogens with zero attached hydrogens (tertiary/aromatic N) is 1. The first-order valence-electron chi connectivity index (χ1n) is 7.46. The maximum absolute atomic E-state index is 13.2. The molecule has 2 nitrogen and oxygen atoms in total. The molecule has 4 heteroatoms. The average molecular weight is 280 g/mol. The van der Waals surface area contributed by atoms with Crippen LogP contribution in [0.1, 0.15) is 31.2 Å². The van der Waals surface area contributed by atoms with Crippen LogP contribution in [0.5, 0.6) is 0 Å². The zero-order valence-electron chi connectivity index (χ0n) is 11.9. The van der Waals surface area contributed by atoms with E-state index in [1.165, 1.54) is 25.0 Å². The number of fused-ring (bicyclic) bond motifs is 2. The number of benzene rings is 1. The minimum atomic E-state index is -0.792. The molecule has 2 fully saturated rings. The topological polar surface area (TPSA) is 29.3 Å². The van der Waals surface area contributed by atoms with Crippen LogP contribution < -0.4 is 5.73 Å². The molecule has 2 aliphatic rings. The second kappa shape index (κ2) is 5.41. The van der Waals surface area contributed by atoms with Crippen molar-refractivity contribution in [3.63, 3.8) is 0 Å². The molecule has 1 aromatic rings. The molecule has 0 aromatic heterocycles. The van der Waals surface area contributed by atoms with Crippen molar-refractivity contribution in [3.8, 4) is 0 Å². The number of hydrogen-bond donors (Lipinski definition) is 1. The lowest BCUT2D eigenvalue weighted by molar-refractivity contribution is 0.120. The van der Waals surface area contributed by atoms with Gasteiger partial charge in [-0.1, -0.05) is 6.07 Å². The Balaban J connectivity index is 1.65. The highest BCUT2D eigenvalue weighted by atomic mass is 19.2. The molecule has 2 aliphatic heterocycles. The van der Waals surface area contributed by atoms with Gasteiger partial charge in [0.05, 0.1) is 0 Å². The van der Waals surface area contributed by atoms with Crippen molar-refractivity contribution in [1.29, 1.82) is 0 Å². The van der Waals surface area contributed by atoms with Crippen molar-refractivity contribution in [2.45, 2.75) is 50.2 Å². The minimum absolute atomic E-state index is 0.0386. The van der Waals surface area contributed by atoms with Gasteiger partial charge in [0.25, 0.3) is 0 Å². The predicted molar refractivity (Wildman–Crippen MR) is 75.3 cm³/mol. The van der Waals surface area contributed by atoms with Crippen LogP contribution in [0.3, 0.4) is 0 Å². The highest BCUT2D eigenvalue weighted by molar-refractivity contribution is 5.19. The van der Waals surface area contributed by atoms with E-state index < -0.39 is 11.6 Å². The van der Waals surface area contributed by atoms with Gasteiger partial charge in [0.1, 0.15) is 0 Å². The first kappa shape index (κ1) is 14.0. The molecule has 2 bridgehead atoms. The summed E-state index contributed by atoms with van der Waals surface area (Å²) in [5.74, 6) is -1.07. The van der Waals surface area contributed by atoms with E-state index in [1.807, 2.05) is 0 Å². The molecular weight excluding hydrogens is 258 g/mol. The third kappa shape index (κ3) is 2.59. The molecule has 2 N–H and O–H groups in total. The van der Waals surface area contributed by atoms with Gasteiger partial charge in [0, 0.05) is 18.1 Å². The molecule has 1 aromatic carbocycles. The Kier molecular flexibility index (Phi) is 3.78. The fourth-order valence-corrected chi connectivity index (χ4v) is 3.91. The van der Waals surface area contributed by atoms with E-state index >= 15 is 0 Å². The van der Waals surface area contributed by atoms with Gasteiger partial charge in [0.15, 0.2) is 11.6 Å². The summed E-state index contributed by atoms with van der Waals surface area (Å²) in [5.41, 5.74) is 7.13. The van der Waals surface area contributed by atoms with Gasteiger partial charge in [-0.2, -0.15) is 0 Å². The molecule has 0 saturated carbocycles. The number of nitrogens with two attached hydrogens (primary N) is 1. The lowest BCUT2D eigenvalue weighted by Gasteiger charge is -2.38. The van der Waals surface area contributed by atoms with Gasteiger partial charge < -0.3 is 10.6 Å². The lowest BCUT2D eigenvalue weighted by Crippen LogP contribution is -2.46. The first-order chi connectivity index (χ1) is 9.54. The Morgan fingerprint density at radius 1 is 1.20 bits per heavy atom. The zero-order valence-corrected chi connectivity index (χ0v) is 11.9. The molecule has 2 heterocycles. The van der Waals surface area contributed by atoms with Crippen LogP contribution in [0.2, 0.25) is 0 Å². The fourth-order valence-electron chi connectivity index (χ4n) is 3.91. The van der Waals surface area contributed by atoms with Crippen LogP contribution in [0.4, 0.5) is 8.78 Å². The molecule has 20 heavy (non-hydrogen) atoms. The molecule has 0 spiro atoms. The summed E-state index contributed by atoms with van der Waals surface area (Å²) in [4.78, 5) is 2.49. The van der Waals surface area contributed by atoms with Crippen molar-refractivity contribution in [1.82, 2.24) is 4.90 Å². The van der Waals surface area contributed by atoms with Crippen molar-refractivity contribution in [2.24, 2.45) is 11.7 Å². The van der Waals surface area contributed by atoms with E-state index in [0.717, 1.165) is 18.4 Å². The van der Waals surface area contributed by atoms with Crippen LogP contribution in [0.25, 0.3) is 0 Å². The van der Waals surface area contributed by atoms with Crippen LogP contribution in [0, 0.1) is 17.6 Å². The van der Waals surface area contributed by atoms with Crippen LogP contribution >= 0.6 is 0 Å². The second-order valence-corrected chi connectivity index (χ2v) is 6.40. The largest absolute Gasteiger partial charge is 0.327 e. The van der Waals surface area contributed by atoms with E-state index in [1.54, 1.807) is 6.07 Å². The van der Waals surface area contributed by atoms with Crippen molar-refractivity contribution in [3.05, 3.63) is 35.4 Å². The molecule has 3 unspecified atom stereocenters. The second-order valence-electron chi connectivity index (χ2n) is 6.40. The maximum atomic E-state index is 13.2. The molecule has 3 rings (SSSR count). The predicted octanol–water partition coefficient (Wildman–Crippen LogP) is 2.71. The highest BCUT2D eigenvalue weighted by Gasteiger charge is 2.40. The Morgan fingerprint density at radius 2 is 1.85 bits per heavy atom. The quantitative estimate of drug-likeness (QED) is 0.922. The van der Waals surface area contributed by atoms with Gasteiger partial charge >= 0.3 is 0 Å². The maximum Gasteiger partial charge on any atom is 0.159 e. The third-order valence-electron chi connectivity index (χ3n) is 5.20. The first-order valence-corrected chi connectivity index (χ1v) is 7.46. The van der Waals surface area contributed by atoms with E-state index in [4.69, 9.17) is 5.73 Å². The summed E-state index contributed by atoms with van der Waals surface area (Å²) in [6, 6.07) is 5.47. The van der Waals surface area contributed by atoms with E-state index in [0.29, 0.717) is 24.4 Å². The molecule has 2 saturated heterocycles. The van der Waals surface area contributed by atoms with Crippen LogP contribution in [-0.2, 0) is 6.42 Å². The molecule has 0 amide bonds. The molecular formula is C16H22F2N2. The van der Waals surface area contributed by atoms with Gasteiger partial charge in [-0.3, -0.25) is 0 Å². The van der Waals surface area contributed by atoms with Crippen molar-refractivity contribution < 1.29 is 8.78 Å². The van der Waals surface area contributed by atoms with Gasteiger partial charge in [-0.25, -0.2) is 8.78 Å². The standard InChI is InChI=1S/C16H22F2N2/c1-20-12-3-4-13(20)9-11(8-12)16(19)7-10-2-5-14(17)15(18)6-10/h2,5-6,11-13,16H,3-4,7-9,19H2,1H3. The van der Waals surface area contributed by atoms with E-state index in [2.05, 4.69) is 11.9 Å². The summed E-state index contributed by atoms with van der Waals surface area (Å²) in [7, 11) is 2.21. The normalized spacial score (nSPS) is 31.5. The average Bonchev–Trinajstić information content (AvgIpc) is 2.65. The third-order valence-corrected chi connectivity index (χ3v) is 5.20. The summed E-state index contributed by atoms with van der Waals surface area (Å²) in [5, 5.41) is 0. The number of piperidine rings is 1. The Labute approximate surface area is 118 Å². The van der Waals surface area contributed by atoms with Crippen LogP contribution in [0.15, 0.2) is 18.2 Å². The van der Waals surface area contributed by atoms with Gasteiger partial charge in [-0.15, -0.1) is 0 Å². The molecule has 0 aliphatic carbocycles. The Hall–Kier alpha value is -1.00. The minimum Gasteiger partial charge on any atom is -0.327 e. The van der Waals surface area contributed by atoms with Crippen molar-refractivity contribution >= 4 is 0 Å². The van der Waals surface area contributed by atoms with Gasteiger partial charge in [-0.05, 0) is 62.8 Å². The SMILES string of the molecule is CN1C2CCC1CC(C(N)Cc1ccc(F)c(F)c1)C2. The van der Waals surface area contributed by atoms with Crippen LogP contribution in [-0.4, -0.2) is 30.1 Å². The highest BCUT2D eigenvalue weighted by Crippen LogP contribution is 2.38. The smallest absolute Gasteiger partial charge is 0.159 e. The molecule has 0 radical (unpaired) electrons. The van der Waals surface area contributed by atoms with E-state index in [9.17, 15) is 8.78 Å². The fraction of sp³-hybridized carbons (Fsp3) is 0.625. The summed E-state index contributed by atoms with van der Waals surface area (Å²) < 4.78 is 26.2. The molecule has 3 atom stereocenters. The Morgan fingerprint density at radius 3 is 2.45 bits per heavy atom. The zero-order chi connectivity index (χ0) is 14.3. The summed E-state index contributed by atoms with van der Waals surface area (Å²) in [6.07, 6.45) is 5.45. The van der Waals surface area contributed by atoms with Gasteiger partial charge in [0.2, 0.25) is 0 Å². The lowest BCUT2D eigenvalue weighted by atomic mass is 9.83. The molecule has 110 valence electrons. The number of rotatable bonds is 3.